The van der Waals surface area contributed by atoms with Gasteiger partial charge in [-0.2, -0.15) is 0 Å². The van der Waals surface area contributed by atoms with Gasteiger partial charge in [-0.1, -0.05) is 29.8 Å². The third-order valence-electron chi connectivity index (χ3n) is 6.16. The fraction of sp³-hybridized carbons (Fsp3) is 0.682. The van der Waals surface area contributed by atoms with Crippen molar-refractivity contribution in [3.05, 3.63) is 35.4 Å². The lowest BCUT2D eigenvalue weighted by molar-refractivity contribution is -0.0265. The van der Waals surface area contributed by atoms with Crippen molar-refractivity contribution < 1.29 is 13.2 Å². The van der Waals surface area contributed by atoms with Gasteiger partial charge in [-0.15, -0.1) is 0 Å². The minimum absolute atomic E-state index is 0.104. The second-order valence-corrected chi connectivity index (χ2v) is 10.5. The molecular formula is C22H36N4O3S. The van der Waals surface area contributed by atoms with E-state index in [0.717, 1.165) is 44.8 Å². The van der Waals surface area contributed by atoms with Gasteiger partial charge in [-0.3, -0.25) is 4.99 Å². The van der Waals surface area contributed by atoms with Crippen LogP contribution in [0, 0.1) is 12.8 Å². The van der Waals surface area contributed by atoms with Gasteiger partial charge < -0.3 is 15.4 Å². The summed E-state index contributed by atoms with van der Waals surface area (Å²) in [7, 11) is -1.31. The number of hydrogen-bond acceptors (Lipinski definition) is 4. The summed E-state index contributed by atoms with van der Waals surface area (Å²) in [6.07, 6.45) is 3.88. The first-order valence-corrected chi connectivity index (χ1v) is 12.7. The number of hydrogen-bond donors (Lipinski definition) is 2. The minimum atomic E-state index is -3.09. The summed E-state index contributed by atoms with van der Waals surface area (Å²) >= 11 is 0. The standard InChI is InChI=1S/C22H36N4O3S/c1-4-30(27,28)26-13-11-20(12-14-26)25-22(23-3)24-16-19-6-5-15-29-21(19)18-9-7-17(2)8-10-18/h7-10,19-21H,4-6,11-16H2,1-3H3,(H2,23,24,25). The summed E-state index contributed by atoms with van der Waals surface area (Å²) in [5.41, 5.74) is 2.49. The molecule has 30 heavy (non-hydrogen) atoms. The van der Waals surface area contributed by atoms with Crippen molar-refractivity contribution in [2.24, 2.45) is 10.9 Å². The van der Waals surface area contributed by atoms with Crippen molar-refractivity contribution >= 4 is 16.0 Å². The van der Waals surface area contributed by atoms with Crippen molar-refractivity contribution in [1.82, 2.24) is 14.9 Å². The molecule has 2 atom stereocenters. The van der Waals surface area contributed by atoms with E-state index in [0.29, 0.717) is 19.0 Å². The maximum Gasteiger partial charge on any atom is 0.213 e. The van der Waals surface area contributed by atoms with E-state index in [2.05, 4.69) is 46.8 Å². The third-order valence-corrected chi connectivity index (χ3v) is 8.04. The third kappa shape index (κ3) is 5.95. The monoisotopic (exact) mass is 436 g/mol. The Labute approximate surface area is 181 Å². The number of piperidine rings is 1. The molecule has 168 valence electrons. The van der Waals surface area contributed by atoms with Gasteiger partial charge in [0, 0.05) is 45.2 Å². The van der Waals surface area contributed by atoms with Crippen molar-refractivity contribution in [3.8, 4) is 0 Å². The van der Waals surface area contributed by atoms with Gasteiger partial charge in [-0.05, 0) is 45.1 Å². The summed E-state index contributed by atoms with van der Waals surface area (Å²) in [5.74, 6) is 1.33. The van der Waals surface area contributed by atoms with Gasteiger partial charge in [0.15, 0.2) is 5.96 Å². The number of rotatable bonds is 6. The Balaban J connectivity index is 1.51. The summed E-state index contributed by atoms with van der Waals surface area (Å²) < 4.78 is 31.8. The largest absolute Gasteiger partial charge is 0.373 e. The number of guanidine groups is 1. The van der Waals surface area contributed by atoms with Gasteiger partial charge in [0.05, 0.1) is 11.9 Å². The molecule has 3 rings (SSSR count). The maximum atomic E-state index is 12.0. The lowest BCUT2D eigenvalue weighted by Gasteiger charge is -2.34. The number of ether oxygens (including phenoxy) is 1. The molecule has 0 saturated carbocycles. The minimum Gasteiger partial charge on any atom is -0.373 e. The van der Waals surface area contributed by atoms with Crippen LogP contribution in [0.3, 0.4) is 0 Å². The molecule has 0 spiro atoms. The zero-order chi connectivity index (χ0) is 21.6. The summed E-state index contributed by atoms with van der Waals surface area (Å²) in [6.45, 7) is 6.53. The molecule has 2 saturated heterocycles. The molecule has 2 aliphatic heterocycles. The van der Waals surface area contributed by atoms with E-state index in [1.165, 1.54) is 11.1 Å². The van der Waals surface area contributed by atoms with E-state index >= 15 is 0 Å². The van der Waals surface area contributed by atoms with Crippen LogP contribution in [0.25, 0.3) is 0 Å². The molecular weight excluding hydrogens is 400 g/mol. The molecule has 2 aliphatic rings. The highest BCUT2D eigenvalue weighted by molar-refractivity contribution is 7.89. The average molecular weight is 437 g/mol. The van der Waals surface area contributed by atoms with E-state index < -0.39 is 10.0 Å². The first kappa shape index (κ1) is 23.0. The van der Waals surface area contributed by atoms with Crippen LogP contribution in [0.1, 0.15) is 49.8 Å². The van der Waals surface area contributed by atoms with Crippen molar-refractivity contribution in [2.45, 2.75) is 51.7 Å². The van der Waals surface area contributed by atoms with Crippen LogP contribution < -0.4 is 10.6 Å². The number of nitrogens with zero attached hydrogens (tertiary/aromatic N) is 2. The Kier molecular flexibility index (Phi) is 8.13. The Hall–Kier alpha value is -1.64. The molecule has 0 aliphatic carbocycles. The lowest BCUT2D eigenvalue weighted by Crippen LogP contribution is -2.50. The predicted molar refractivity (Wildman–Crippen MR) is 121 cm³/mol. The average Bonchev–Trinajstić information content (AvgIpc) is 2.77. The van der Waals surface area contributed by atoms with Gasteiger partial charge in [0.25, 0.3) is 0 Å². The predicted octanol–water partition coefficient (Wildman–Crippen LogP) is 2.44. The van der Waals surface area contributed by atoms with Crippen LogP contribution >= 0.6 is 0 Å². The molecule has 7 nitrogen and oxygen atoms in total. The molecule has 8 heteroatoms. The van der Waals surface area contributed by atoms with Crippen LogP contribution in [-0.2, 0) is 14.8 Å². The van der Waals surface area contributed by atoms with Crippen LogP contribution in [-0.4, -0.2) is 63.8 Å². The van der Waals surface area contributed by atoms with Crippen molar-refractivity contribution in [3.63, 3.8) is 0 Å². The van der Waals surface area contributed by atoms with Gasteiger partial charge in [-0.25, -0.2) is 12.7 Å². The molecule has 2 unspecified atom stereocenters. The highest BCUT2D eigenvalue weighted by Gasteiger charge is 2.29. The van der Waals surface area contributed by atoms with Crippen LogP contribution in [0.15, 0.2) is 29.3 Å². The Morgan fingerprint density at radius 3 is 2.53 bits per heavy atom. The summed E-state index contributed by atoms with van der Waals surface area (Å²) in [6, 6.07) is 8.86. The second kappa shape index (κ2) is 10.6. The van der Waals surface area contributed by atoms with Gasteiger partial charge in [0.2, 0.25) is 10.0 Å². The van der Waals surface area contributed by atoms with E-state index in [1.54, 1.807) is 18.3 Å². The Bertz CT molecular complexity index is 802. The number of aliphatic imine (C=N–C) groups is 1. The van der Waals surface area contributed by atoms with Crippen LogP contribution in [0.5, 0.6) is 0 Å². The van der Waals surface area contributed by atoms with E-state index in [9.17, 15) is 8.42 Å². The number of benzene rings is 1. The van der Waals surface area contributed by atoms with E-state index in [1.807, 2.05) is 0 Å². The molecule has 0 bridgehead atoms. The van der Waals surface area contributed by atoms with Crippen molar-refractivity contribution in [2.75, 3.05) is 39.0 Å². The maximum absolute atomic E-state index is 12.0. The normalized spacial score (nSPS) is 24.6. The molecule has 0 aromatic heterocycles. The SMILES string of the molecule is CCS(=O)(=O)N1CCC(NC(=NC)NCC2CCCOC2c2ccc(C)cc2)CC1. The first-order valence-electron chi connectivity index (χ1n) is 11.1. The lowest BCUT2D eigenvalue weighted by atomic mass is 9.89. The fourth-order valence-corrected chi connectivity index (χ4v) is 5.39. The molecule has 2 heterocycles. The Morgan fingerprint density at radius 2 is 1.90 bits per heavy atom. The summed E-state index contributed by atoms with van der Waals surface area (Å²) in [4.78, 5) is 4.38. The number of nitrogens with one attached hydrogen (secondary N) is 2. The quantitative estimate of drug-likeness (QED) is 0.529. The molecule has 0 radical (unpaired) electrons. The van der Waals surface area contributed by atoms with E-state index in [-0.39, 0.29) is 17.9 Å². The number of aryl methyl sites for hydroxylation is 1. The fourth-order valence-electron chi connectivity index (χ4n) is 4.25. The smallest absolute Gasteiger partial charge is 0.213 e. The Morgan fingerprint density at radius 1 is 1.20 bits per heavy atom. The van der Waals surface area contributed by atoms with E-state index in [4.69, 9.17) is 4.74 Å². The highest BCUT2D eigenvalue weighted by Crippen LogP contribution is 2.33. The highest BCUT2D eigenvalue weighted by atomic mass is 32.2. The molecule has 2 fully saturated rings. The zero-order valence-corrected chi connectivity index (χ0v) is 19.2. The molecule has 2 N–H and O–H groups in total. The molecule has 1 aromatic rings. The zero-order valence-electron chi connectivity index (χ0n) is 18.4. The molecule has 1 aromatic carbocycles. The number of sulfonamides is 1. The van der Waals surface area contributed by atoms with Crippen molar-refractivity contribution in [1.29, 1.82) is 0 Å². The molecule has 0 amide bonds. The van der Waals surface area contributed by atoms with Crippen LogP contribution in [0.4, 0.5) is 0 Å². The second-order valence-electron chi connectivity index (χ2n) is 8.28. The van der Waals surface area contributed by atoms with Crippen LogP contribution in [0.2, 0.25) is 0 Å². The topological polar surface area (TPSA) is 83.0 Å². The first-order chi connectivity index (χ1) is 14.4. The van der Waals surface area contributed by atoms with Gasteiger partial charge in [0.1, 0.15) is 0 Å². The van der Waals surface area contributed by atoms with Gasteiger partial charge >= 0.3 is 0 Å². The summed E-state index contributed by atoms with van der Waals surface area (Å²) in [5, 5.41) is 6.95.